The van der Waals surface area contributed by atoms with Crippen molar-refractivity contribution >= 4 is 21.6 Å². The minimum absolute atomic E-state index is 0.0132. The number of amides is 1. The van der Waals surface area contributed by atoms with E-state index in [4.69, 9.17) is 4.74 Å². The van der Waals surface area contributed by atoms with Gasteiger partial charge in [0.05, 0.1) is 18.5 Å². The maximum Gasteiger partial charge on any atom is 0.263 e. The SMILES string of the molecule is CS(=O)(=O)N1C[C@H](C(=O)NCC2=CCCCC2)Oc2ccccc21. The van der Waals surface area contributed by atoms with Gasteiger partial charge >= 0.3 is 0 Å². The molecule has 1 aliphatic carbocycles. The number of nitrogens with zero attached hydrogens (tertiary/aromatic N) is 1. The van der Waals surface area contributed by atoms with Crippen LogP contribution < -0.4 is 14.4 Å². The van der Waals surface area contributed by atoms with E-state index in [1.165, 1.54) is 16.3 Å². The summed E-state index contributed by atoms with van der Waals surface area (Å²) in [6, 6.07) is 6.86. The van der Waals surface area contributed by atoms with Gasteiger partial charge in [0, 0.05) is 6.54 Å². The summed E-state index contributed by atoms with van der Waals surface area (Å²) in [4.78, 5) is 12.4. The van der Waals surface area contributed by atoms with Crippen molar-refractivity contribution in [1.82, 2.24) is 5.32 Å². The number of allylic oxidation sites excluding steroid dienone is 1. The van der Waals surface area contributed by atoms with Crippen LogP contribution in [-0.2, 0) is 14.8 Å². The number of fused-ring (bicyclic) bond motifs is 1. The van der Waals surface area contributed by atoms with Crippen molar-refractivity contribution in [3.8, 4) is 5.75 Å². The molecule has 0 spiro atoms. The van der Waals surface area contributed by atoms with E-state index >= 15 is 0 Å². The Labute approximate surface area is 142 Å². The van der Waals surface area contributed by atoms with Crippen LogP contribution in [0, 0.1) is 0 Å². The maximum absolute atomic E-state index is 12.4. The number of para-hydroxylation sites is 2. The summed E-state index contributed by atoms with van der Waals surface area (Å²) in [7, 11) is -3.48. The molecule has 7 heteroatoms. The largest absolute Gasteiger partial charge is 0.476 e. The molecule has 0 aromatic heterocycles. The number of anilines is 1. The van der Waals surface area contributed by atoms with E-state index in [1.54, 1.807) is 24.3 Å². The van der Waals surface area contributed by atoms with Gasteiger partial charge in [-0.3, -0.25) is 9.10 Å². The predicted octanol–water partition coefficient (Wildman–Crippen LogP) is 1.83. The van der Waals surface area contributed by atoms with Gasteiger partial charge in [0.1, 0.15) is 5.75 Å². The second-order valence-electron chi connectivity index (χ2n) is 6.19. The van der Waals surface area contributed by atoms with Crippen molar-refractivity contribution in [2.45, 2.75) is 31.8 Å². The number of hydrogen-bond donors (Lipinski definition) is 1. The molecular formula is C17H22N2O4S. The van der Waals surface area contributed by atoms with Crippen LogP contribution in [0.5, 0.6) is 5.75 Å². The molecule has 1 heterocycles. The standard InChI is InChI=1S/C17H22N2O4S/c1-24(21,22)19-12-16(23-15-10-6-5-9-14(15)19)17(20)18-11-13-7-3-2-4-8-13/h5-7,9-10,16H,2-4,8,11-12H2,1H3,(H,18,20)/t16-/m1/s1. The fourth-order valence-corrected chi connectivity index (χ4v) is 3.95. The number of benzene rings is 1. The Balaban J connectivity index is 1.73. The average molecular weight is 350 g/mol. The van der Waals surface area contributed by atoms with Gasteiger partial charge in [-0.2, -0.15) is 0 Å². The highest BCUT2D eigenvalue weighted by molar-refractivity contribution is 7.92. The first-order chi connectivity index (χ1) is 11.4. The van der Waals surface area contributed by atoms with Gasteiger partial charge in [0.25, 0.3) is 5.91 Å². The number of carbonyl (C=O) groups excluding carboxylic acids is 1. The zero-order valence-electron chi connectivity index (χ0n) is 13.7. The Hall–Kier alpha value is -2.02. The van der Waals surface area contributed by atoms with E-state index in [-0.39, 0.29) is 12.5 Å². The highest BCUT2D eigenvalue weighted by Gasteiger charge is 2.34. The Kier molecular flexibility index (Phi) is 4.80. The number of hydrogen-bond acceptors (Lipinski definition) is 4. The third-order valence-electron chi connectivity index (χ3n) is 4.30. The van der Waals surface area contributed by atoms with E-state index in [1.807, 2.05) is 0 Å². The van der Waals surface area contributed by atoms with Crippen molar-refractivity contribution in [3.63, 3.8) is 0 Å². The van der Waals surface area contributed by atoms with Crippen LogP contribution in [0.3, 0.4) is 0 Å². The van der Waals surface area contributed by atoms with Crippen molar-refractivity contribution in [2.24, 2.45) is 0 Å². The summed E-state index contributed by atoms with van der Waals surface area (Å²) >= 11 is 0. The molecule has 1 aromatic carbocycles. The zero-order chi connectivity index (χ0) is 17.2. The molecule has 0 saturated heterocycles. The van der Waals surface area contributed by atoms with Gasteiger partial charge in [-0.1, -0.05) is 23.8 Å². The molecule has 24 heavy (non-hydrogen) atoms. The summed E-state index contributed by atoms with van der Waals surface area (Å²) in [6.45, 7) is 0.486. The summed E-state index contributed by atoms with van der Waals surface area (Å²) in [6.07, 6.45) is 6.87. The minimum Gasteiger partial charge on any atom is -0.476 e. The monoisotopic (exact) mass is 350 g/mol. The van der Waals surface area contributed by atoms with Crippen LogP contribution in [0.15, 0.2) is 35.9 Å². The van der Waals surface area contributed by atoms with Crippen LogP contribution in [0.1, 0.15) is 25.7 Å². The summed E-state index contributed by atoms with van der Waals surface area (Å²) < 4.78 is 31.1. The van der Waals surface area contributed by atoms with Crippen LogP contribution >= 0.6 is 0 Å². The second kappa shape index (κ2) is 6.84. The normalized spacial score (nSPS) is 20.6. The van der Waals surface area contributed by atoms with E-state index in [0.717, 1.165) is 25.5 Å². The van der Waals surface area contributed by atoms with Gasteiger partial charge < -0.3 is 10.1 Å². The lowest BCUT2D eigenvalue weighted by atomic mass is 10.00. The van der Waals surface area contributed by atoms with Crippen molar-refractivity contribution in [1.29, 1.82) is 0 Å². The molecule has 2 aliphatic rings. The smallest absolute Gasteiger partial charge is 0.263 e. The van der Waals surface area contributed by atoms with Crippen molar-refractivity contribution in [2.75, 3.05) is 23.7 Å². The summed E-state index contributed by atoms with van der Waals surface area (Å²) in [5.74, 6) is 0.121. The molecule has 0 radical (unpaired) electrons. The molecule has 0 unspecified atom stereocenters. The lowest BCUT2D eigenvalue weighted by Crippen LogP contribution is -2.50. The molecule has 6 nitrogen and oxygen atoms in total. The Morgan fingerprint density at radius 1 is 1.33 bits per heavy atom. The number of sulfonamides is 1. The number of carbonyl (C=O) groups is 1. The number of nitrogens with one attached hydrogen (secondary N) is 1. The second-order valence-corrected chi connectivity index (χ2v) is 8.10. The number of rotatable bonds is 4. The Bertz CT molecular complexity index is 758. The Morgan fingerprint density at radius 3 is 2.83 bits per heavy atom. The maximum atomic E-state index is 12.4. The molecule has 0 saturated carbocycles. The molecule has 1 atom stereocenters. The fraction of sp³-hybridized carbons (Fsp3) is 0.471. The topological polar surface area (TPSA) is 75.7 Å². The molecule has 1 aliphatic heterocycles. The van der Waals surface area contributed by atoms with Crippen LogP contribution in [0.4, 0.5) is 5.69 Å². The third kappa shape index (κ3) is 3.72. The molecule has 1 N–H and O–H groups in total. The molecule has 1 amide bonds. The third-order valence-corrected chi connectivity index (χ3v) is 5.45. The molecule has 0 bridgehead atoms. The summed E-state index contributed by atoms with van der Waals surface area (Å²) in [5, 5.41) is 2.87. The predicted molar refractivity (Wildman–Crippen MR) is 92.6 cm³/mol. The summed E-state index contributed by atoms with van der Waals surface area (Å²) in [5.41, 5.74) is 1.70. The lowest BCUT2D eigenvalue weighted by Gasteiger charge is -2.33. The van der Waals surface area contributed by atoms with Crippen molar-refractivity contribution < 1.29 is 17.9 Å². The van der Waals surface area contributed by atoms with Gasteiger partial charge in [0.2, 0.25) is 10.0 Å². The average Bonchev–Trinajstić information content (AvgIpc) is 2.58. The first-order valence-corrected chi connectivity index (χ1v) is 9.99. The quantitative estimate of drug-likeness (QED) is 0.841. The molecule has 130 valence electrons. The first kappa shape index (κ1) is 16.8. The van der Waals surface area contributed by atoms with E-state index in [0.29, 0.717) is 18.0 Å². The van der Waals surface area contributed by atoms with E-state index in [2.05, 4.69) is 11.4 Å². The lowest BCUT2D eigenvalue weighted by molar-refractivity contribution is -0.127. The molecular weight excluding hydrogens is 328 g/mol. The van der Waals surface area contributed by atoms with Crippen molar-refractivity contribution in [3.05, 3.63) is 35.9 Å². The van der Waals surface area contributed by atoms with Crippen LogP contribution in [0.2, 0.25) is 0 Å². The zero-order valence-corrected chi connectivity index (χ0v) is 14.5. The molecule has 0 fully saturated rings. The molecule has 1 aromatic rings. The highest BCUT2D eigenvalue weighted by atomic mass is 32.2. The minimum atomic E-state index is -3.48. The van der Waals surface area contributed by atoms with Gasteiger partial charge in [0.15, 0.2) is 6.10 Å². The van der Waals surface area contributed by atoms with Gasteiger partial charge in [-0.25, -0.2) is 8.42 Å². The number of ether oxygens (including phenoxy) is 1. The Morgan fingerprint density at radius 2 is 2.12 bits per heavy atom. The van der Waals surface area contributed by atoms with Crippen LogP contribution in [-0.4, -0.2) is 39.8 Å². The molecule has 3 rings (SSSR count). The first-order valence-electron chi connectivity index (χ1n) is 8.14. The van der Waals surface area contributed by atoms with E-state index < -0.39 is 16.1 Å². The van der Waals surface area contributed by atoms with Gasteiger partial charge in [-0.15, -0.1) is 0 Å². The van der Waals surface area contributed by atoms with E-state index in [9.17, 15) is 13.2 Å². The highest BCUT2D eigenvalue weighted by Crippen LogP contribution is 2.34. The van der Waals surface area contributed by atoms with Crippen LogP contribution in [0.25, 0.3) is 0 Å². The fourth-order valence-electron chi connectivity index (χ4n) is 3.03. The van der Waals surface area contributed by atoms with Gasteiger partial charge in [-0.05, 0) is 37.8 Å².